The van der Waals surface area contributed by atoms with Crippen LogP contribution in [-0.4, -0.2) is 305 Å². The number of Topliss-reactive ketones (excluding diaryl/α,β-unsaturated/α-hetero) is 1. The van der Waals surface area contributed by atoms with E-state index in [1.54, 1.807) is 13.0 Å². The Bertz CT molecular complexity index is 3390. The number of nitrogens with one attached hydrogen (secondary N) is 3. The largest absolute Gasteiger partial charge is 0.510 e. The van der Waals surface area contributed by atoms with E-state index in [9.17, 15) is 109 Å². The van der Waals surface area contributed by atoms with Gasteiger partial charge in [-0.25, -0.2) is 14.2 Å². The van der Waals surface area contributed by atoms with Crippen LogP contribution in [0.5, 0.6) is 0 Å². The van der Waals surface area contributed by atoms with Gasteiger partial charge in [-0.2, -0.15) is 0 Å². The van der Waals surface area contributed by atoms with Crippen molar-refractivity contribution >= 4 is 49.3 Å². The second-order valence-corrected chi connectivity index (χ2v) is 31.5. The Kier molecular flexibility index (Phi) is 32.3. The van der Waals surface area contributed by atoms with Gasteiger partial charge in [-0.1, -0.05) is 75.8 Å². The summed E-state index contributed by atoms with van der Waals surface area (Å²) in [5.41, 5.74) is 10.8. The van der Waals surface area contributed by atoms with Gasteiger partial charge >= 0.3 is 19.9 Å². The number of carbonyl (C=O) groups is 7. The lowest BCUT2D eigenvalue weighted by Crippen LogP contribution is -2.72. The van der Waals surface area contributed by atoms with Crippen LogP contribution in [0, 0.1) is 16.7 Å². The maximum absolute atomic E-state index is 14.1. The maximum Gasteiger partial charge on any atom is 0.474 e. The third-order valence-corrected chi connectivity index (χ3v) is 21.3. The molecule has 0 bridgehead atoms. The molecule has 41 heteroatoms. The molecule has 110 heavy (non-hydrogen) atoms. The number of nitrogens with two attached hydrogens (primary N) is 2. The fourth-order valence-electron chi connectivity index (χ4n) is 14.0. The second-order valence-electron chi connectivity index (χ2n) is 30.1. The van der Waals surface area contributed by atoms with Crippen molar-refractivity contribution in [1.29, 1.82) is 0 Å². The summed E-state index contributed by atoms with van der Waals surface area (Å²) in [5.74, 6) is -7.48. The number of carboxylic acid groups (broad SMARTS) is 1. The molecule has 7 rings (SSSR count). The number of aliphatic hydroxyl groups excluding tert-OH is 11. The number of carbonyl (C=O) groups excluding carboxylic acids is 6. The molecule has 28 unspecified atom stereocenters. The van der Waals surface area contributed by atoms with Crippen LogP contribution in [0.25, 0.3) is 0 Å². The molecular formula is C69H108N5O35P. The standard InChI is InChI=1S/C69H108N5O35P/c1-29(14-11-12-20-67(6,7)22-18-30(2)24-34-31(3)15-13-21-68(34,8)9)19-23-97-40(60(91)92)28-99-110(95,96)109-65-55(56(108-66(71)93)69(10,94)57(107-65)58(70)89)106-62-43(73-33(5)78)46(83)53(39(102-62)27-98-63-50(87)47(84)44(81)37(25-75)100-63)103-61-42(72-32(4)77)45(82)52(38(26-76)101-61)104-64-51(88)48(85)49(86)54(105-64)59(90)74-41-35(79)16-17-36(41)80/h12,19-20,34,37-40,42-57,61-65,75-76,79,81-88,94H,2-3,11,13-18,21-28H2,1,4-10H3,(H2,70,89)(H2,71,93)(H,72,77)(H,73,78)(H,74,90)(H,91,92)(H,95,96). The van der Waals surface area contributed by atoms with Gasteiger partial charge < -0.3 is 151 Å². The molecule has 6 fully saturated rings. The third kappa shape index (κ3) is 23.2. The minimum absolute atomic E-state index is 0.151. The molecule has 0 aromatic carbocycles. The Morgan fingerprint density at radius 2 is 1.31 bits per heavy atom. The number of ketones is 1. The number of aliphatic carboxylic acids is 1. The number of hydrogen-bond acceptors (Lipinski definition) is 33. The van der Waals surface area contributed by atoms with Gasteiger partial charge in [0.05, 0.1) is 33.0 Å². The van der Waals surface area contributed by atoms with E-state index < -0.39 is 246 Å². The van der Waals surface area contributed by atoms with Crippen molar-refractivity contribution in [2.75, 3.05) is 33.0 Å². The quantitative estimate of drug-likeness (QED) is 0.0218. The number of hydrogen-bond donors (Lipinski definition) is 19. The molecule has 40 nitrogen and oxygen atoms in total. The first-order valence-electron chi connectivity index (χ1n) is 35.8. The molecule has 5 aliphatic heterocycles. The molecular weight excluding hydrogens is 1490 g/mol. The summed E-state index contributed by atoms with van der Waals surface area (Å²) in [5, 5.41) is 150. The molecule has 21 N–H and O–H groups in total. The molecule has 5 heterocycles. The molecule has 2 aliphatic carbocycles. The van der Waals surface area contributed by atoms with Gasteiger partial charge in [-0.15, -0.1) is 0 Å². The fourth-order valence-corrected chi connectivity index (χ4v) is 14.9. The summed E-state index contributed by atoms with van der Waals surface area (Å²) in [6.45, 7) is 17.0. The van der Waals surface area contributed by atoms with Crippen LogP contribution in [0.15, 0.2) is 59.6 Å². The highest BCUT2D eigenvalue weighted by Crippen LogP contribution is 2.50. The molecule has 5 amide bonds. The van der Waals surface area contributed by atoms with E-state index in [4.69, 9.17) is 72.6 Å². The van der Waals surface area contributed by atoms with E-state index in [0.29, 0.717) is 18.8 Å². The normalized spacial score (nSPS) is 37.3. The average Bonchev–Trinajstić information content (AvgIpc) is 0.908. The number of carboxylic acids is 1. The van der Waals surface area contributed by atoms with Gasteiger partial charge in [0, 0.05) is 26.7 Å². The number of ether oxygens (including phenoxy) is 11. The molecule has 0 radical (unpaired) electrons. The molecule has 0 aromatic heterocycles. The highest BCUT2D eigenvalue weighted by molar-refractivity contribution is 7.47. The summed E-state index contributed by atoms with van der Waals surface area (Å²) in [6, 6.07) is -4.16. The van der Waals surface area contributed by atoms with Crippen LogP contribution in [0.2, 0.25) is 0 Å². The Labute approximate surface area is 633 Å². The van der Waals surface area contributed by atoms with Gasteiger partial charge in [0.25, 0.3) is 5.91 Å². The van der Waals surface area contributed by atoms with E-state index in [-0.39, 0.29) is 30.3 Å². The van der Waals surface area contributed by atoms with Crippen molar-refractivity contribution in [2.45, 2.75) is 279 Å². The van der Waals surface area contributed by atoms with Crippen molar-refractivity contribution in [2.24, 2.45) is 28.2 Å². The number of aliphatic hydroxyl groups is 12. The van der Waals surface area contributed by atoms with Gasteiger partial charge in [-0.3, -0.25) is 33.0 Å². The first kappa shape index (κ1) is 91.2. The second kappa shape index (κ2) is 38.9. The summed E-state index contributed by atoms with van der Waals surface area (Å²) >= 11 is 0. The van der Waals surface area contributed by atoms with Crippen LogP contribution in [0.1, 0.15) is 120 Å². The maximum atomic E-state index is 14.1. The summed E-state index contributed by atoms with van der Waals surface area (Å²) < 4.78 is 88.6. The first-order chi connectivity index (χ1) is 51.3. The van der Waals surface area contributed by atoms with Crippen molar-refractivity contribution in [3.63, 3.8) is 0 Å². The molecule has 0 aromatic rings. The molecule has 5 saturated heterocycles. The van der Waals surface area contributed by atoms with Crippen molar-refractivity contribution in [3.8, 4) is 0 Å². The Balaban J connectivity index is 1.13. The summed E-state index contributed by atoms with van der Waals surface area (Å²) in [7, 11) is -5.87. The zero-order valence-corrected chi connectivity index (χ0v) is 63.1. The van der Waals surface area contributed by atoms with E-state index in [2.05, 4.69) is 62.9 Å². The minimum Gasteiger partial charge on any atom is -0.510 e. The lowest BCUT2D eigenvalue weighted by atomic mass is 9.64. The smallest absolute Gasteiger partial charge is 0.474 e. The van der Waals surface area contributed by atoms with Crippen molar-refractivity contribution in [1.82, 2.24) is 16.0 Å². The fraction of sp³-hybridized carbons (Fsp3) is 0.754. The van der Waals surface area contributed by atoms with Gasteiger partial charge in [-0.05, 0) is 82.0 Å². The lowest BCUT2D eigenvalue weighted by Gasteiger charge is -2.52. The summed E-state index contributed by atoms with van der Waals surface area (Å²) in [6.07, 6.45) is -40.2. The number of allylic oxidation sites excluding steroid dienone is 7. The van der Waals surface area contributed by atoms with Crippen LogP contribution in [0.3, 0.4) is 0 Å². The molecule has 624 valence electrons. The first-order valence-corrected chi connectivity index (χ1v) is 37.3. The zero-order valence-electron chi connectivity index (χ0n) is 62.2. The number of primary amides is 2. The van der Waals surface area contributed by atoms with Crippen LogP contribution >= 0.6 is 7.82 Å². The molecule has 28 atom stereocenters. The minimum atomic E-state index is -5.87. The molecule has 7 aliphatic rings. The van der Waals surface area contributed by atoms with Crippen LogP contribution in [0.4, 0.5) is 4.79 Å². The summed E-state index contributed by atoms with van der Waals surface area (Å²) in [4.78, 5) is 102. The highest BCUT2D eigenvalue weighted by atomic mass is 31.2. The van der Waals surface area contributed by atoms with E-state index in [1.165, 1.54) is 11.1 Å². The zero-order chi connectivity index (χ0) is 82.0. The predicted octanol–water partition coefficient (Wildman–Crippen LogP) is -3.37. The number of phosphoric ester groups is 1. The van der Waals surface area contributed by atoms with Gasteiger partial charge in [0.1, 0.15) is 108 Å². The van der Waals surface area contributed by atoms with E-state index in [0.717, 1.165) is 64.9 Å². The Hall–Kier alpha value is -5.94. The number of rotatable bonds is 35. The molecule has 0 spiro atoms. The van der Waals surface area contributed by atoms with Gasteiger partial charge in [0.15, 0.2) is 67.8 Å². The lowest BCUT2D eigenvalue weighted by molar-refractivity contribution is -0.376. The highest BCUT2D eigenvalue weighted by Gasteiger charge is 2.63. The topological polar surface area (TPSA) is 628 Å². The van der Waals surface area contributed by atoms with Crippen molar-refractivity contribution < 1.29 is 171 Å². The molecule has 1 saturated carbocycles. The van der Waals surface area contributed by atoms with Crippen LogP contribution in [-0.2, 0) is 94.5 Å². The predicted molar refractivity (Wildman–Crippen MR) is 371 cm³/mol. The van der Waals surface area contributed by atoms with E-state index >= 15 is 0 Å². The van der Waals surface area contributed by atoms with Crippen molar-refractivity contribution in [3.05, 3.63) is 59.6 Å². The Morgan fingerprint density at radius 1 is 0.736 bits per heavy atom. The monoisotopic (exact) mass is 1600 g/mol. The van der Waals surface area contributed by atoms with Gasteiger partial charge in [0.2, 0.25) is 17.7 Å². The van der Waals surface area contributed by atoms with E-state index in [1.807, 2.05) is 6.08 Å². The third-order valence-electron chi connectivity index (χ3n) is 20.4. The number of phosphoric acid groups is 1. The van der Waals surface area contributed by atoms with Crippen LogP contribution < -0.4 is 27.4 Å². The number of amides is 5. The Morgan fingerprint density at radius 3 is 1.87 bits per heavy atom. The SMILES string of the molecule is C=C(CCC(C)(C)C=CCCC(C)=CCOC(COP(=O)(O)OC1OC(C(N)=O)C(C)(O)C(OC(N)=O)C1OC1OC(COC2OC(CO)C(O)C(O)C2O)C(OC2OC(CO)C(OC3OC(C(=O)NC4=C(O)CCC4=O)C(O)C(O)C3O)C(O)C2NC(C)=O)C(O)C1NC(C)=O)C(=O)O)CC1C(=C)CCCC1(C)C. The average molecular weight is 1600 g/mol.